The molecule has 1 amide bonds. The number of benzene rings is 1. The molecule has 0 radical (unpaired) electrons. The van der Waals surface area contributed by atoms with E-state index in [4.69, 9.17) is 0 Å². The Morgan fingerprint density at radius 3 is 2.95 bits per heavy atom. The Balaban J connectivity index is 2.16. The highest BCUT2D eigenvalue weighted by Gasteiger charge is 2.24. The summed E-state index contributed by atoms with van der Waals surface area (Å²) in [5.41, 5.74) is 1.79. The quantitative estimate of drug-likeness (QED) is 0.844. The summed E-state index contributed by atoms with van der Waals surface area (Å²) in [4.78, 5) is 14.2. The maximum atomic E-state index is 12.3. The van der Waals surface area contributed by atoms with Crippen molar-refractivity contribution in [1.29, 1.82) is 0 Å². The van der Waals surface area contributed by atoms with E-state index >= 15 is 0 Å². The highest BCUT2D eigenvalue weighted by Crippen LogP contribution is 2.33. The first-order valence-electron chi connectivity index (χ1n) is 7.31. The van der Waals surface area contributed by atoms with Crippen molar-refractivity contribution in [2.75, 3.05) is 11.4 Å². The van der Waals surface area contributed by atoms with E-state index in [2.05, 4.69) is 6.92 Å². The molecule has 0 saturated carbocycles. The van der Waals surface area contributed by atoms with Gasteiger partial charge >= 0.3 is 0 Å². The average molecular weight is 261 g/mol. The van der Waals surface area contributed by atoms with Crippen molar-refractivity contribution < 1.29 is 9.90 Å². The van der Waals surface area contributed by atoms with Crippen LogP contribution in [0.4, 0.5) is 5.69 Å². The summed E-state index contributed by atoms with van der Waals surface area (Å²) >= 11 is 0. The fraction of sp³-hybridized carbons (Fsp3) is 0.562. The predicted molar refractivity (Wildman–Crippen MR) is 77.1 cm³/mol. The molecule has 0 saturated heterocycles. The number of rotatable bonds is 4. The molecule has 104 valence electrons. The van der Waals surface area contributed by atoms with Crippen molar-refractivity contribution in [3.05, 3.63) is 29.8 Å². The third kappa shape index (κ3) is 3.35. The first-order valence-corrected chi connectivity index (χ1v) is 7.31. The lowest BCUT2D eigenvalue weighted by Gasteiger charge is -2.23. The molecular formula is C16H23NO2. The molecule has 1 aliphatic heterocycles. The van der Waals surface area contributed by atoms with Gasteiger partial charge in [0.2, 0.25) is 5.91 Å². The Morgan fingerprint density at radius 1 is 1.37 bits per heavy atom. The summed E-state index contributed by atoms with van der Waals surface area (Å²) in [5, 5.41) is 10.1. The minimum absolute atomic E-state index is 0.190. The van der Waals surface area contributed by atoms with Crippen molar-refractivity contribution in [3.8, 4) is 0 Å². The molecule has 0 aliphatic carbocycles. The molecule has 1 aromatic carbocycles. The zero-order valence-electron chi connectivity index (χ0n) is 11.6. The lowest BCUT2D eigenvalue weighted by atomic mass is 10.0. The van der Waals surface area contributed by atoms with E-state index in [0.29, 0.717) is 6.42 Å². The number of fused-ring (bicyclic) bond motifs is 1. The molecule has 1 aromatic rings. The third-order valence-electron chi connectivity index (χ3n) is 3.74. The highest BCUT2D eigenvalue weighted by atomic mass is 16.3. The van der Waals surface area contributed by atoms with Gasteiger partial charge in [-0.1, -0.05) is 38.0 Å². The molecule has 1 heterocycles. The number of carbonyl (C=O) groups is 1. The number of hydrogen-bond acceptors (Lipinski definition) is 2. The van der Waals surface area contributed by atoms with Crippen LogP contribution >= 0.6 is 0 Å². The zero-order valence-corrected chi connectivity index (χ0v) is 11.6. The van der Waals surface area contributed by atoms with Crippen molar-refractivity contribution in [2.24, 2.45) is 0 Å². The molecule has 19 heavy (non-hydrogen) atoms. The van der Waals surface area contributed by atoms with E-state index in [9.17, 15) is 9.90 Å². The van der Waals surface area contributed by atoms with Gasteiger partial charge in [0, 0.05) is 24.2 Å². The second-order valence-corrected chi connectivity index (χ2v) is 5.22. The topological polar surface area (TPSA) is 40.5 Å². The molecule has 1 N–H and O–H groups in total. The molecule has 3 nitrogen and oxygen atoms in total. The predicted octanol–water partition coefficient (Wildman–Crippen LogP) is 3.43. The zero-order chi connectivity index (χ0) is 13.7. The first-order chi connectivity index (χ1) is 9.24. The van der Waals surface area contributed by atoms with E-state index in [-0.39, 0.29) is 5.91 Å². The maximum Gasteiger partial charge on any atom is 0.226 e. The van der Waals surface area contributed by atoms with Crippen LogP contribution in [0.1, 0.15) is 57.1 Å². The Kier molecular flexibility index (Phi) is 4.97. The van der Waals surface area contributed by atoms with Crippen molar-refractivity contribution in [1.82, 2.24) is 0 Å². The Bertz CT molecular complexity index is 431. The summed E-state index contributed by atoms with van der Waals surface area (Å²) in [6, 6.07) is 7.73. The van der Waals surface area contributed by atoms with Crippen LogP contribution in [0.5, 0.6) is 0 Å². The van der Waals surface area contributed by atoms with Gasteiger partial charge in [-0.25, -0.2) is 0 Å². The molecule has 1 atom stereocenters. The van der Waals surface area contributed by atoms with Gasteiger partial charge in [-0.15, -0.1) is 0 Å². The van der Waals surface area contributed by atoms with Crippen molar-refractivity contribution in [2.45, 2.75) is 51.6 Å². The van der Waals surface area contributed by atoms with Crippen molar-refractivity contribution in [3.63, 3.8) is 0 Å². The second kappa shape index (κ2) is 6.71. The molecule has 2 rings (SSSR count). The van der Waals surface area contributed by atoms with Gasteiger partial charge in [0.05, 0.1) is 6.10 Å². The lowest BCUT2D eigenvalue weighted by Crippen LogP contribution is -2.31. The van der Waals surface area contributed by atoms with Gasteiger partial charge < -0.3 is 10.0 Å². The number of carbonyl (C=O) groups excluding carboxylic acids is 1. The fourth-order valence-corrected chi connectivity index (χ4v) is 2.65. The largest absolute Gasteiger partial charge is 0.388 e. The Morgan fingerprint density at radius 2 is 2.16 bits per heavy atom. The summed E-state index contributed by atoms with van der Waals surface area (Å²) in [6.45, 7) is 2.86. The maximum absolute atomic E-state index is 12.3. The number of para-hydroxylation sites is 1. The third-order valence-corrected chi connectivity index (χ3v) is 3.74. The van der Waals surface area contributed by atoms with Crippen LogP contribution in [-0.2, 0) is 4.79 Å². The van der Waals surface area contributed by atoms with Crippen molar-refractivity contribution >= 4 is 11.6 Å². The monoisotopic (exact) mass is 261 g/mol. The molecule has 3 heteroatoms. The average Bonchev–Trinajstić information content (AvgIpc) is 2.59. The number of nitrogens with zero attached hydrogens (tertiary/aromatic N) is 1. The molecule has 0 aromatic heterocycles. The van der Waals surface area contributed by atoms with Crippen LogP contribution in [0.3, 0.4) is 0 Å². The van der Waals surface area contributed by atoms with Crippen LogP contribution in [0.2, 0.25) is 0 Å². The highest BCUT2D eigenvalue weighted by molar-refractivity contribution is 5.94. The van der Waals surface area contributed by atoms with E-state index < -0.39 is 6.10 Å². The van der Waals surface area contributed by atoms with Crippen LogP contribution in [0.15, 0.2) is 24.3 Å². The fourth-order valence-electron chi connectivity index (χ4n) is 2.65. The smallest absolute Gasteiger partial charge is 0.226 e. The summed E-state index contributed by atoms with van der Waals surface area (Å²) in [7, 11) is 0. The SMILES string of the molecule is CCCCCC(=O)N1CCCC(O)c2ccccc21. The van der Waals surface area contributed by atoms with Crippen LogP contribution in [0, 0.1) is 0 Å². The number of aliphatic hydroxyl groups is 1. The number of amides is 1. The lowest BCUT2D eigenvalue weighted by molar-refractivity contribution is -0.118. The Labute approximate surface area is 115 Å². The van der Waals surface area contributed by atoms with E-state index in [1.54, 1.807) is 0 Å². The van der Waals surface area contributed by atoms with Gasteiger partial charge in [-0.05, 0) is 25.3 Å². The summed E-state index contributed by atoms with van der Waals surface area (Å²) in [5.74, 6) is 0.190. The number of anilines is 1. The molecule has 0 fully saturated rings. The molecule has 0 spiro atoms. The van der Waals surface area contributed by atoms with E-state index in [0.717, 1.165) is 49.9 Å². The Hall–Kier alpha value is -1.35. The van der Waals surface area contributed by atoms with Gasteiger partial charge in [0.1, 0.15) is 0 Å². The van der Waals surface area contributed by atoms with Crippen LogP contribution in [0.25, 0.3) is 0 Å². The minimum atomic E-state index is -0.440. The minimum Gasteiger partial charge on any atom is -0.388 e. The molecule has 1 unspecified atom stereocenters. The number of unbranched alkanes of at least 4 members (excludes halogenated alkanes) is 2. The summed E-state index contributed by atoms with van der Waals surface area (Å²) < 4.78 is 0. The summed E-state index contributed by atoms with van der Waals surface area (Å²) in [6.07, 6.45) is 4.94. The second-order valence-electron chi connectivity index (χ2n) is 5.22. The van der Waals surface area contributed by atoms with Crippen LogP contribution in [-0.4, -0.2) is 17.6 Å². The molecule has 1 aliphatic rings. The van der Waals surface area contributed by atoms with Gasteiger partial charge in [-0.2, -0.15) is 0 Å². The van der Waals surface area contributed by atoms with Gasteiger partial charge in [0.15, 0.2) is 0 Å². The molecular weight excluding hydrogens is 238 g/mol. The molecule has 0 bridgehead atoms. The normalized spacial score (nSPS) is 18.8. The van der Waals surface area contributed by atoms with Gasteiger partial charge in [0.25, 0.3) is 0 Å². The van der Waals surface area contributed by atoms with Gasteiger partial charge in [-0.3, -0.25) is 4.79 Å². The number of aliphatic hydroxyl groups excluding tert-OH is 1. The standard InChI is InChI=1S/C16H23NO2/c1-2-3-4-11-16(19)17-12-7-10-15(18)13-8-5-6-9-14(13)17/h5-6,8-9,15,18H,2-4,7,10-12H2,1H3. The van der Waals surface area contributed by atoms with E-state index in [1.165, 1.54) is 0 Å². The van der Waals surface area contributed by atoms with Crippen LogP contribution < -0.4 is 4.90 Å². The van der Waals surface area contributed by atoms with E-state index in [1.807, 2.05) is 29.2 Å². The number of hydrogen-bond donors (Lipinski definition) is 1. The first kappa shape index (κ1) is 14.1.